The summed E-state index contributed by atoms with van der Waals surface area (Å²) in [6, 6.07) is 8.47. The van der Waals surface area contributed by atoms with Crippen LogP contribution in [0.1, 0.15) is 11.3 Å². The Morgan fingerprint density at radius 3 is 2.85 bits per heavy atom. The second-order valence-electron chi connectivity index (χ2n) is 3.23. The first kappa shape index (κ1) is 8.60. The van der Waals surface area contributed by atoms with Crippen LogP contribution in [0.2, 0.25) is 0 Å². The lowest BCUT2D eigenvalue weighted by molar-refractivity contribution is 0.757. The van der Waals surface area contributed by atoms with Gasteiger partial charge in [-0.05, 0) is 11.6 Å². The lowest BCUT2D eigenvalue weighted by atomic mass is 10.1. The molecule has 0 bridgehead atoms. The summed E-state index contributed by atoms with van der Waals surface area (Å²) in [5, 5.41) is 4.70. The quantitative estimate of drug-likeness (QED) is 0.661. The molecule has 1 aliphatic heterocycles. The monoisotopic (exact) mass is 194 g/mol. The first-order valence-electron chi connectivity index (χ1n) is 4.24. The van der Waals surface area contributed by atoms with Gasteiger partial charge in [-0.15, -0.1) is 12.4 Å². The molecule has 3 rings (SSSR count). The molecule has 0 spiro atoms. The van der Waals surface area contributed by atoms with Crippen LogP contribution in [-0.4, -0.2) is 4.98 Å². The Hall–Kier alpha value is -0.990. The summed E-state index contributed by atoms with van der Waals surface area (Å²) in [5.41, 5.74) is 4.07. The van der Waals surface area contributed by atoms with Gasteiger partial charge in [-0.1, -0.05) is 18.2 Å². The molecule has 1 aromatic carbocycles. The number of halogens is 1. The minimum atomic E-state index is 0. The standard InChI is InChI=1S/C10H10N2.ClH/c1-2-4-9-7(3-1)8-5-11-6-10(8)12-9;/h1-4,11-12H,5-6H2;1H. The van der Waals surface area contributed by atoms with Crippen molar-refractivity contribution in [2.24, 2.45) is 0 Å². The first-order chi connectivity index (χ1) is 5.95. The third-order valence-corrected chi connectivity index (χ3v) is 2.51. The van der Waals surface area contributed by atoms with Crippen molar-refractivity contribution in [2.45, 2.75) is 13.1 Å². The van der Waals surface area contributed by atoms with E-state index in [0.717, 1.165) is 13.1 Å². The lowest BCUT2D eigenvalue weighted by Crippen LogP contribution is -2.01. The van der Waals surface area contributed by atoms with Gasteiger partial charge in [-0.2, -0.15) is 0 Å². The first-order valence-corrected chi connectivity index (χ1v) is 4.24. The molecule has 2 nitrogen and oxygen atoms in total. The van der Waals surface area contributed by atoms with Crippen molar-refractivity contribution in [3.63, 3.8) is 0 Å². The van der Waals surface area contributed by atoms with Crippen molar-refractivity contribution in [1.29, 1.82) is 0 Å². The number of nitrogens with one attached hydrogen (secondary N) is 2. The summed E-state index contributed by atoms with van der Waals surface area (Å²) in [5.74, 6) is 0. The van der Waals surface area contributed by atoms with E-state index >= 15 is 0 Å². The van der Waals surface area contributed by atoms with Crippen LogP contribution in [0.15, 0.2) is 24.3 Å². The van der Waals surface area contributed by atoms with Gasteiger partial charge in [0.25, 0.3) is 0 Å². The Kier molecular flexibility index (Phi) is 2.02. The van der Waals surface area contributed by atoms with E-state index in [1.165, 1.54) is 22.2 Å². The van der Waals surface area contributed by atoms with Crippen LogP contribution >= 0.6 is 12.4 Å². The Labute approximate surface area is 82.7 Å². The molecule has 0 saturated heterocycles. The number of rotatable bonds is 0. The number of hydrogen-bond donors (Lipinski definition) is 2. The summed E-state index contributed by atoms with van der Waals surface area (Å²) in [4.78, 5) is 3.41. The molecule has 0 aliphatic carbocycles. The number of hydrogen-bond acceptors (Lipinski definition) is 1. The van der Waals surface area contributed by atoms with E-state index in [2.05, 4.69) is 34.6 Å². The topological polar surface area (TPSA) is 27.8 Å². The third-order valence-electron chi connectivity index (χ3n) is 2.51. The van der Waals surface area contributed by atoms with Gasteiger partial charge in [0, 0.05) is 29.7 Å². The molecule has 13 heavy (non-hydrogen) atoms. The number of fused-ring (bicyclic) bond motifs is 3. The second kappa shape index (κ2) is 3.05. The minimum absolute atomic E-state index is 0. The maximum absolute atomic E-state index is 3.41. The summed E-state index contributed by atoms with van der Waals surface area (Å²) in [6.45, 7) is 2.00. The zero-order chi connectivity index (χ0) is 7.97. The molecule has 68 valence electrons. The Morgan fingerprint density at radius 2 is 1.92 bits per heavy atom. The van der Waals surface area contributed by atoms with E-state index < -0.39 is 0 Å². The number of para-hydroxylation sites is 1. The largest absolute Gasteiger partial charge is 0.357 e. The fourth-order valence-electron chi connectivity index (χ4n) is 1.92. The van der Waals surface area contributed by atoms with E-state index in [4.69, 9.17) is 0 Å². The SMILES string of the molecule is Cl.c1ccc2c3c([nH]c2c1)CNC3. The van der Waals surface area contributed by atoms with Gasteiger partial charge in [0.1, 0.15) is 0 Å². The summed E-state index contributed by atoms with van der Waals surface area (Å²) < 4.78 is 0. The highest BCUT2D eigenvalue weighted by Gasteiger charge is 2.14. The highest BCUT2D eigenvalue weighted by molar-refractivity contribution is 5.85. The van der Waals surface area contributed by atoms with Gasteiger partial charge in [0.15, 0.2) is 0 Å². The molecule has 0 atom stereocenters. The smallest absolute Gasteiger partial charge is 0.0459 e. The fraction of sp³-hybridized carbons (Fsp3) is 0.200. The molecule has 3 heteroatoms. The molecular weight excluding hydrogens is 184 g/mol. The molecule has 0 fully saturated rings. The van der Waals surface area contributed by atoms with Crippen molar-refractivity contribution in [1.82, 2.24) is 10.3 Å². The van der Waals surface area contributed by atoms with Crippen LogP contribution in [0.3, 0.4) is 0 Å². The Balaban J connectivity index is 0.000000653. The van der Waals surface area contributed by atoms with Gasteiger partial charge < -0.3 is 10.3 Å². The predicted molar refractivity (Wildman–Crippen MR) is 56.1 cm³/mol. The van der Waals surface area contributed by atoms with Gasteiger partial charge >= 0.3 is 0 Å². The Bertz CT molecular complexity index is 433. The van der Waals surface area contributed by atoms with E-state index in [1.54, 1.807) is 0 Å². The number of aromatic amines is 1. The fourth-order valence-corrected chi connectivity index (χ4v) is 1.92. The van der Waals surface area contributed by atoms with Gasteiger partial charge in [-0.3, -0.25) is 0 Å². The third kappa shape index (κ3) is 1.14. The maximum Gasteiger partial charge on any atom is 0.0459 e. The van der Waals surface area contributed by atoms with E-state index in [-0.39, 0.29) is 12.4 Å². The van der Waals surface area contributed by atoms with Crippen LogP contribution in [0, 0.1) is 0 Å². The zero-order valence-corrected chi connectivity index (χ0v) is 7.95. The van der Waals surface area contributed by atoms with Crippen LogP contribution < -0.4 is 5.32 Å². The van der Waals surface area contributed by atoms with Crippen LogP contribution in [0.4, 0.5) is 0 Å². The molecule has 1 aliphatic rings. The highest BCUT2D eigenvalue weighted by atomic mass is 35.5. The Morgan fingerprint density at radius 1 is 1.08 bits per heavy atom. The van der Waals surface area contributed by atoms with Crippen molar-refractivity contribution in [3.05, 3.63) is 35.5 Å². The highest BCUT2D eigenvalue weighted by Crippen LogP contribution is 2.25. The molecule has 0 amide bonds. The number of H-pyrrole nitrogens is 1. The van der Waals surface area contributed by atoms with Gasteiger partial charge in [-0.25, -0.2) is 0 Å². The van der Waals surface area contributed by atoms with Crippen molar-refractivity contribution >= 4 is 23.3 Å². The van der Waals surface area contributed by atoms with Gasteiger partial charge in [0.2, 0.25) is 0 Å². The molecule has 0 radical (unpaired) electrons. The molecule has 1 aromatic heterocycles. The normalized spacial score (nSPS) is 14.2. The van der Waals surface area contributed by atoms with E-state index in [0.29, 0.717) is 0 Å². The number of aromatic nitrogens is 1. The predicted octanol–water partition coefficient (Wildman–Crippen LogP) is 2.19. The van der Waals surface area contributed by atoms with E-state index in [9.17, 15) is 0 Å². The molecule has 2 aromatic rings. The van der Waals surface area contributed by atoms with Crippen molar-refractivity contribution < 1.29 is 0 Å². The maximum atomic E-state index is 3.41. The van der Waals surface area contributed by atoms with Crippen molar-refractivity contribution in [2.75, 3.05) is 0 Å². The van der Waals surface area contributed by atoms with Crippen LogP contribution in [-0.2, 0) is 13.1 Å². The summed E-state index contributed by atoms with van der Waals surface area (Å²) >= 11 is 0. The van der Waals surface area contributed by atoms with E-state index in [1.807, 2.05) is 0 Å². The molecule has 2 N–H and O–H groups in total. The average Bonchev–Trinajstić information content (AvgIpc) is 2.62. The minimum Gasteiger partial charge on any atom is -0.357 e. The van der Waals surface area contributed by atoms with Crippen molar-refractivity contribution in [3.8, 4) is 0 Å². The van der Waals surface area contributed by atoms with Gasteiger partial charge in [0.05, 0.1) is 0 Å². The second-order valence-corrected chi connectivity index (χ2v) is 3.23. The summed E-state index contributed by atoms with van der Waals surface area (Å²) in [6.07, 6.45) is 0. The molecule has 2 heterocycles. The van der Waals surface area contributed by atoms with Crippen LogP contribution in [0.5, 0.6) is 0 Å². The van der Waals surface area contributed by atoms with Crippen LogP contribution in [0.25, 0.3) is 10.9 Å². The molecule has 0 unspecified atom stereocenters. The average molecular weight is 195 g/mol. The molecule has 0 saturated carbocycles. The molecular formula is C10H11ClN2. The number of benzene rings is 1. The zero-order valence-electron chi connectivity index (χ0n) is 7.13. The summed E-state index contributed by atoms with van der Waals surface area (Å²) in [7, 11) is 0. The lowest BCUT2D eigenvalue weighted by Gasteiger charge is -1.92.